The van der Waals surface area contributed by atoms with Crippen molar-refractivity contribution in [1.29, 1.82) is 0 Å². The van der Waals surface area contributed by atoms with Gasteiger partial charge in [-0.05, 0) is 32.3 Å². The highest BCUT2D eigenvalue weighted by Crippen LogP contribution is 2.19. The first-order valence-electron chi connectivity index (χ1n) is 8.56. The van der Waals surface area contributed by atoms with Crippen LogP contribution in [0.5, 0.6) is 0 Å². The number of aliphatic hydroxyl groups excluding tert-OH is 1. The minimum atomic E-state index is -0.0915. The fourth-order valence-corrected chi connectivity index (χ4v) is 3.03. The van der Waals surface area contributed by atoms with Gasteiger partial charge >= 0.3 is 0 Å². The summed E-state index contributed by atoms with van der Waals surface area (Å²) in [4.78, 5) is 12.6. The van der Waals surface area contributed by atoms with Gasteiger partial charge in [0.05, 0.1) is 11.3 Å². The van der Waals surface area contributed by atoms with Crippen LogP contribution in [0.2, 0.25) is 0 Å². The summed E-state index contributed by atoms with van der Waals surface area (Å²) in [6.45, 7) is 7.32. The van der Waals surface area contributed by atoms with Crippen molar-refractivity contribution in [2.45, 2.75) is 46.1 Å². The van der Waals surface area contributed by atoms with Crippen molar-refractivity contribution >= 4 is 5.91 Å². The van der Waals surface area contributed by atoms with Gasteiger partial charge in [-0.1, -0.05) is 37.3 Å². The first kappa shape index (κ1) is 18.2. The number of carbonyl (C=O) groups is 1. The first-order chi connectivity index (χ1) is 11.6. The van der Waals surface area contributed by atoms with Crippen LogP contribution in [0.3, 0.4) is 0 Å². The Hall–Kier alpha value is -2.14. The Morgan fingerprint density at radius 3 is 2.62 bits per heavy atom. The van der Waals surface area contributed by atoms with Gasteiger partial charge in [-0.15, -0.1) is 0 Å². The third-order valence-electron chi connectivity index (χ3n) is 4.30. The molecular weight excluding hydrogens is 302 g/mol. The Balaban J connectivity index is 2.09. The molecule has 0 bridgehead atoms. The van der Waals surface area contributed by atoms with Crippen molar-refractivity contribution in [3.63, 3.8) is 0 Å². The lowest BCUT2D eigenvalue weighted by molar-refractivity contribution is 0.0948. The van der Waals surface area contributed by atoms with E-state index >= 15 is 0 Å². The molecule has 0 aliphatic rings. The van der Waals surface area contributed by atoms with E-state index < -0.39 is 0 Å². The summed E-state index contributed by atoms with van der Waals surface area (Å²) in [6, 6.07) is 9.98. The molecule has 5 nitrogen and oxygen atoms in total. The van der Waals surface area contributed by atoms with Gasteiger partial charge in [0.15, 0.2) is 0 Å². The van der Waals surface area contributed by atoms with Crippen LogP contribution in [0.25, 0.3) is 0 Å². The fourth-order valence-electron chi connectivity index (χ4n) is 3.03. The van der Waals surface area contributed by atoms with Crippen LogP contribution in [-0.2, 0) is 6.54 Å². The average molecular weight is 329 g/mol. The number of aliphatic hydroxyl groups is 1. The van der Waals surface area contributed by atoms with E-state index in [1.165, 1.54) is 0 Å². The lowest BCUT2D eigenvalue weighted by Gasteiger charge is -2.17. The van der Waals surface area contributed by atoms with Crippen molar-refractivity contribution in [3.05, 3.63) is 52.8 Å². The molecule has 1 atom stereocenters. The van der Waals surface area contributed by atoms with E-state index in [0.29, 0.717) is 18.5 Å². The smallest absolute Gasteiger partial charge is 0.255 e. The predicted octanol–water partition coefficient (Wildman–Crippen LogP) is 2.81. The Bertz CT molecular complexity index is 665. The number of aryl methyl sites for hydroxylation is 2. The van der Waals surface area contributed by atoms with Crippen LogP contribution in [0.1, 0.15) is 53.0 Å². The zero-order valence-electron chi connectivity index (χ0n) is 14.7. The molecule has 1 amide bonds. The maximum Gasteiger partial charge on any atom is 0.255 e. The number of carbonyl (C=O) groups excluding carboxylic acids is 1. The molecule has 24 heavy (non-hydrogen) atoms. The summed E-state index contributed by atoms with van der Waals surface area (Å²) in [5.41, 5.74) is 3.46. The van der Waals surface area contributed by atoms with Gasteiger partial charge < -0.3 is 10.4 Å². The molecule has 1 aromatic heterocycles. The summed E-state index contributed by atoms with van der Waals surface area (Å²) >= 11 is 0. The largest absolute Gasteiger partial charge is 0.396 e. The van der Waals surface area contributed by atoms with E-state index in [1.54, 1.807) is 0 Å². The normalized spacial score (nSPS) is 12.2. The van der Waals surface area contributed by atoms with Crippen LogP contribution in [0.4, 0.5) is 0 Å². The molecule has 1 unspecified atom stereocenters. The minimum Gasteiger partial charge on any atom is -0.396 e. The van der Waals surface area contributed by atoms with Gasteiger partial charge in [0, 0.05) is 31.3 Å². The van der Waals surface area contributed by atoms with Crippen LogP contribution in [-0.4, -0.2) is 33.9 Å². The molecule has 0 fully saturated rings. The molecule has 0 spiro atoms. The lowest BCUT2D eigenvalue weighted by atomic mass is 9.96. The van der Waals surface area contributed by atoms with Crippen LogP contribution in [0, 0.1) is 13.8 Å². The second-order valence-corrected chi connectivity index (χ2v) is 6.10. The molecule has 0 saturated heterocycles. The highest BCUT2D eigenvalue weighted by molar-refractivity contribution is 5.96. The summed E-state index contributed by atoms with van der Waals surface area (Å²) in [6.07, 6.45) is 1.60. The summed E-state index contributed by atoms with van der Waals surface area (Å²) < 4.78 is 1.90. The Kier molecular flexibility index (Phi) is 6.55. The molecular formula is C19H27N3O2. The van der Waals surface area contributed by atoms with E-state index in [0.717, 1.165) is 29.9 Å². The number of nitrogens with zero attached hydrogens (tertiary/aromatic N) is 2. The van der Waals surface area contributed by atoms with Gasteiger partial charge in [-0.2, -0.15) is 5.10 Å². The molecule has 0 aliphatic heterocycles. The molecule has 130 valence electrons. The van der Waals surface area contributed by atoms with Crippen LogP contribution < -0.4 is 5.32 Å². The Morgan fingerprint density at radius 1 is 1.29 bits per heavy atom. The quantitative estimate of drug-likeness (QED) is 0.782. The van der Waals surface area contributed by atoms with Crippen molar-refractivity contribution < 1.29 is 9.90 Å². The van der Waals surface area contributed by atoms with E-state index in [2.05, 4.69) is 17.3 Å². The minimum absolute atomic E-state index is 0.0915. The molecule has 2 N–H and O–H groups in total. The number of hydrogen-bond acceptors (Lipinski definition) is 3. The van der Waals surface area contributed by atoms with Crippen molar-refractivity contribution in [1.82, 2.24) is 15.1 Å². The van der Waals surface area contributed by atoms with Gasteiger partial charge in [-0.3, -0.25) is 9.48 Å². The van der Waals surface area contributed by atoms with Crippen molar-refractivity contribution in [2.75, 3.05) is 13.2 Å². The van der Waals surface area contributed by atoms with Crippen LogP contribution in [0.15, 0.2) is 30.3 Å². The third kappa shape index (κ3) is 4.23. The van der Waals surface area contributed by atoms with Gasteiger partial charge in [0.1, 0.15) is 0 Å². The molecule has 1 heterocycles. The second kappa shape index (κ2) is 8.64. The predicted molar refractivity (Wildman–Crippen MR) is 95.2 cm³/mol. The monoisotopic (exact) mass is 329 g/mol. The number of hydrogen-bond donors (Lipinski definition) is 2. The third-order valence-corrected chi connectivity index (χ3v) is 4.30. The summed E-state index contributed by atoms with van der Waals surface area (Å²) in [5.74, 6) is 0.0117. The molecule has 0 saturated carbocycles. The number of nitrogens with one attached hydrogen (secondary N) is 1. The van der Waals surface area contributed by atoms with Crippen LogP contribution >= 0.6 is 0 Å². The van der Waals surface area contributed by atoms with E-state index in [9.17, 15) is 9.90 Å². The number of aromatic nitrogens is 2. The standard InChI is InChI=1S/C19H27N3O2/c1-4-11-22-15(3)18(14(2)21-22)19(24)20-13-17(10-12-23)16-8-6-5-7-9-16/h5-9,17,23H,4,10-13H2,1-3H3,(H,20,24). The Labute approximate surface area is 143 Å². The Morgan fingerprint density at radius 2 is 2.00 bits per heavy atom. The van der Waals surface area contributed by atoms with E-state index in [1.807, 2.05) is 48.9 Å². The van der Waals surface area contributed by atoms with Gasteiger partial charge in [-0.25, -0.2) is 0 Å². The van der Waals surface area contributed by atoms with Crippen molar-refractivity contribution in [3.8, 4) is 0 Å². The molecule has 5 heteroatoms. The van der Waals surface area contributed by atoms with E-state index in [-0.39, 0.29) is 18.4 Å². The maximum absolute atomic E-state index is 12.6. The summed E-state index contributed by atoms with van der Waals surface area (Å²) in [7, 11) is 0. The second-order valence-electron chi connectivity index (χ2n) is 6.10. The maximum atomic E-state index is 12.6. The number of amides is 1. The average Bonchev–Trinajstić information content (AvgIpc) is 2.86. The summed E-state index contributed by atoms with van der Waals surface area (Å²) in [5, 5.41) is 16.8. The van der Waals surface area contributed by atoms with E-state index in [4.69, 9.17) is 0 Å². The van der Waals surface area contributed by atoms with Gasteiger partial charge in [0.25, 0.3) is 5.91 Å². The van der Waals surface area contributed by atoms with Gasteiger partial charge in [0.2, 0.25) is 0 Å². The highest BCUT2D eigenvalue weighted by Gasteiger charge is 2.19. The topological polar surface area (TPSA) is 67.2 Å². The van der Waals surface area contributed by atoms with Crippen molar-refractivity contribution in [2.24, 2.45) is 0 Å². The number of rotatable bonds is 8. The fraction of sp³-hybridized carbons (Fsp3) is 0.474. The first-order valence-corrected chi connectivity index (χ1v) is 8.56. The molecule has 0 aliphatic carbocycles. The highest BCUT2D eigenvalue weighted by atomic mass is 16.3. The lowest BCUT2D eigenvalue weighted by Crippen LogP contribution is -2.29. The zero-order chi connectivity index (χ0) is 17.5. The molecule has 0 radical (unpaired) electrons. The SMILES string of the molecule is CCCn1nc(C)c(C(=O)NCC(CCO)c2ccccc2)c1C. The zero-order valence-corrected chi connectivity index (χ0v) is 14.7. The molecule has 2 aromatic rings. The molecule has 1 aromatic carbocycles. The molecule has 2 rings (SSSR count). The number of benzene rings is 1.